The van der Waals surface area contributed by atoms with Crippen molar-refractivity contribution < 1.29 is 17.6 Å². The van der Waals surface area contributed by atoms with Crippen LogP contribution in [0.2, 0.25) is 0 Å². The molecule has 0 saturated heterocycles. The molecule has 0 bridgehead atoms. The first kappa shape index (κ1) is 74.7. The number of para-hydroxylation sites is 3. The second-order valence-electron chi connectivity index (χ2n) is 34.0. The summed E-state index contributed by atoms with van der Waals surface area (Å²) in [5.74, 6) is -1.30. The number of rotatable bonds is 13. The zero-order chi connectivity index (χ0) is 84.0. The van der Waals surface area contributed by atoms with Gasteiger partial charge in [0.05, 0.1) is 55.5 Å². The number of nitrogens with zero attached hydrogens (tertiary/aromatic N) is 10. The third-order valence-electron chi connectivity index (χ3n) is 24.3. The fraction of sp³-hybridized carbons (Fsp3) is 0.0727. The second kappa shape index (κ2) is 29.1. The molecule has 124 heavy (non-hydrogen) atoms. The summed E-state index contributed by atoms with van der Waals surface area (Å²) in [4.78, 5) is 32.2. The standard InChI is InChI=1S/C110H76F4N10/c1-109(2,3)73-43-53-96-86(59-73)87-60-74(110(4,5)6)44-54-97(87)123(96)102-64-85(71-42-52-90(112)92(114)56-71)84(63-88(102)108-119-105(67-29-15-9-16-30-67)116-106(120-108)68-31-17-10-18-32-68)72-40-47-80-79-35-21-24-38-95(79)122(98(80)58-72)76-46-50-82-81-49-45-75(121-93-36-22-19-33-77(93)78-34-20-23-37-94(78)121)61-100(81)124(101(82)62-76)99-57-70(69-41-51-89(111)91(113)55-69)39-48-83(99)107-117-103(65-25-11-7-12-26-65)115-104(118-107)66-27-13-8-14-28-66/h7-64H,1-6H3. The molecule has 0 amide bonds. The van der Waals surface area contributed by atoms with Crippen LogP contribution in [0.3, 0.4) is 0 Å². The molecular formula is C110H76F4N10. The molecule has 0 N–H and O–H groups in total. The van der Waals surface area contributed by atoms with Crippen LogP contribution in [0.5, 0.6) is 0 Å². The monoisotopic (exact) mass is 1610 g/mol. The highest BCUT2D eigenvalue weighted by Gasteiger charge is 2.30. The van der Waals surface area contributed by atoms with E-state index in [4.69, 9.17) is 29.9 Å². The Balaban J connectivity index is 0.832. The van der Waals surface area contributed by atoms with Crippen LogP contribution in [0, 0.1) is 23.3 Å². The summed E-state index contributed by atoms with van der Waals surface area (Å²) in [6.45, 7) is 13.4. The minimum Gasteiger partial charge on any atom is -0.309 e. The van der Waals surface area contributed by atoms with Gasteiger partial charge in [0.15, 0.2) is 58.2 Å². The van der Waals surface area contributed by atoms with Crippen molar-refractivity contribution in [3.05, 3.63) is 386 Å². The summed E-state index contributed by atoms with van der Waals surface area (Å²) in [6.07, 6.45) is 0. The average molecular weight is 1610 g/mol. The Morgan fingerprint density at radius 1 is 0.194 bits per heavy atom. The van der Waals surface area contributed by atoms with Crippen molar-refractivity contribution in [2.45, 2.75) is 52.4 Å². The third kappa shape index (κ3) is 12.7. The number of hydrogen-bond donors (Lipinski definition) is 0. The molecule has 594 valence electrons. The van der Waals surface area contributed by atoms with E-state index in [1.807, 2.05) is 140 Å². The van der Waals surface area contributed by atoms with Gasteiger partial charge >= 0.3 is 0 Å². The van der Waals surface area contributed by atoms with Gasteiger partial charge in [0.1, 0.15) is 0 Å². The number of benzene rings is 16. The molecule has 16 aromatic carbocycles. The topological polar surface area (TPSA) is 97.1 Å². The van der Waals surface area contributed by atoms with E-state index in [-0.39, 0.29) is 10.8 Å². The number of halogens is 4. The maximum absolute atomic E-state index is 16.6. The van der Waals surface area contributed by atoms with Crippen LogP contribution in [-0.2, 0) is 10.8 Å². The van der Waals surface area contributed by atoms with E-state index in [1.165, 1.54) is 29.3 Å². The van der Waals surface area contributed by atoms with Crippen molar-refractivity contribution >= 4 is 87.2 Å². The van der Waals surface area contributed by atoms with Gasteiger partial charge in [-0.2, -0.15) is 0 Å². The Kier molecular flexibility index (Phi) is 17.6. The maximum atomic E-state index is 16.6. The van der Waals surface area contributed by atoms with E-state index in [2.05, 4.69) is 236 Å². The van der Waals surface area contributed by atoms with Gasteiger partial charge in [0.2, 0.25) is 0 Å². The fourth-order valence-corrected chi connectivity index (χ4v) is 18.1. The molecule has 0 aliphatic rings. The first-order valence-corrected chi connectivity index (χ1v) is 41.6. The SMILES string of the molecule is CC(C)(C)c1ccc2c(c1)c1cc(C(C)(C)C)ccc1n2-c1cc(-c2ccc(F)c(F)c2)c(-c2ccc3c4ccccc4n(-c4ccc5c6ccc(-n7c8ccccc8c8ccccc87)cc6n(-c6cc(-c7ccc(F)c(F)c7)ccc6-c6nc(-c7ccccc7)nc(-c7ccccc7)n6)c5c4)c3c2)cc1-c1nc(-c2ccccc2)nc(-c2ccccc2)n1. The highest BCUT2D eigenvalue weighted by molar-refractivity contribution is 6.16. The molecule has 22 aromatic rings. The lowest BCUT2D eigenvalue weighted by Crippen LogP contribution is -2.10. The Hall–Kier alpha value is -15.5. The van der Waals surface area contributed by atoms with E-state index in [9.17, 15) is 0 Å². The first-order valence-electron chi connectivity index (χ1n) is 41.6. The van der Waals surface area contributed by atoms with Gasteiger partial charge < -0.3 is 18.3 Å². The number of hydrogen-bond acceptors (Lipinski definition) is 6. The van der Waals surface area contributed by atoms with Crippen LogP contribution in [-0.4, -0.2) is 48.2 Å². The number of fused-ring (bicyclic) bond motifs is 12. The van der Waals surface area contributed by atoms with E-state index in [0.717, 1.165) is 132 Å². The predicted octanol–water partition coefficient (Wildman–Crippen LogP) is 28.6. The van der Waals surface area contributed by atoms with Crippen molar-refractivity contribution in [2.24, 2.45) is 0 Å². The Morgan fingerprint density at radius 2 is 0.516 bits per heavy atom. The van der Waals surface area contributed by atoms with Crippen molar-refractivity contribution in [2.75, 3.05) is 0 Å². The van der Waals surface area contributed by atoms with Gasteiger partial charge in [-0.25, -0.2) is 47.5 Å². The van der Waals surface area contributed by atoms with Gasteiger partial charge in [-0.15, -0.1) is 0 Å². The molecule has 22 rings (SSSR count). The van der Waals surface area contributed by atoms with Gasteiger partial charge in [0, 0.05) is 87.8 Å². The minimum absolute atomic E-state index is 0.198. The van der Waals surface area contributed by atoms with Crippen molar-refractivity contribution in [3.63, 3.8) is 0 Å². The predicted molar refractivity (Wildman–Crippen MR) is 497 cm³/mol. The molecule has 6 aromatic heterocycles. The summed E-state index contributed by atoms with van der Waals surface area (Å²) in [7, 11) is 0. The van der Waals surface area contributed by atoms with Crippen molar-refractivity contribution in [1.82, 2.24) is 48.2 Å². The highest BCUT2D eigenvalue weighted by atomic mass is 19.2. The van der Waals surface area contributed by atoms with Crippen LogP contribution in [0.25, 0.3) is 212 Å². The molecule has 14 heteroatoms. The maximum Gasteiger partial charge on any atom is 0.166 e. The van der Waals surface area contributed by atoms with Crippen LogP contribution >= 0.6 is 0 Å². The van der Waals surface area contributed by atoms with Crippen molar-refractivity contribution in [3.8, 4) is 124 Å². The summed E-state index contributed by atoms with van der Waals surface area (Å²) in [5.41, 5.74) is 20.3. The molecule has 0 atom stereocenters. The van der Waals surface area contributed by atoms with E-state index >= 15 is 17.6 Å². The number of aromatic nitrogens is 10. The van der Waals surface area contributed by atoms with Gasteiger partial charge in [0.25, 0.3) is 0 Å². The van der Waals surface area contributed by atoms with E-state index in [1.54, 1.807) is 12.1 Å². The molecule has 0 aliphatic heterocycles. The third-order valence-corrected chi connectivity index (χ3v) is 24.3. The Labute approximate surface area is 711 Å². The van der Waals surface area contributed by atoms with Crippen LogP contribution in [0.15, 0.2) is 352 Å². The smallest absolute Gasteiger partial charge is 0.166 e. The molecule has 0 aliphatic carbocycles. The molecule has 10 nitrogen and oxygen atoms in total. The van der Waals surface area contributed by atoms with E-state index < -0.39 is 23.3 Å². The summed E-state index contributed by atoms with van der Waals surface area (Å²) in [5, 5.41) is 8.12. The molecule has 0 radical (unpaired) electrons. The molecule has 0 fully saturated rings. The lowest BCUT2D eigenvalue weighted by atomic mass is 9.85. The van der Waals surface area contributed by atoms with Crippen molar-refractivity contribution in [1.29, 1.82) is 0 Å². The first-order chi connectivity index (χ1) is 60.4. The molecular weight excluding hydrogens is 1540 g/mol. The molecule has 0 saturated carbocycles. The van der Waals surface area contributed by atoms with Crippen LogP contribution in [0.1, 0.15) is 52.7 Å². The average Bonchev–Trinajstić information content (AvgIpc) is 1.56. The highest BCUT2D eigenvalue weighted by Crippen LogP contribution is 2.49. The molecule has 6 heterocycles. The molecule has 0 spiro atoms. The van der Waals surface area contributed by atoms with E-state index in [0.29, 0.717) is 85.3 Å². The minimum atomic E-state index is -0.996. The summed E-state index contributed by atoms with van der Waals surface area (Å²) in [6, 6.07) is 116. The Bertz CT molecular complexity index is 7880. The zero-order valence-corrected chi connectivity index (χ0v) is 68.5. The quantitative estimate of drug-likeness (QED) is 0.107. The lowest BCUT2D eigenvalue weighted by Gasteiger charge is -2.21. The summed E-state index contributed by atoms with van der Waals surface area (Å²) < 4.78 is 72.7. The van der Waals surface area contributed by atoms with Gasteiger partial charge in [-0.1, -0.05) is 272 Å². The normalized spacial score (nSPS) is 12.1. The summed E-state index contributed by atoms with van der Waals surface area (Å²) >= 11 is 0. The molecule has 0 unspecified atom stereocenters. The second-order valence-corrected chi connectivity index (χ2v) is 34.0. The Morgan fingerprint density at radius 3 is 0.968 bits per heavy atom. The fourth-order valence-electron chi connectivity index (χ4n) is 18.1. The largest absolute Gasteiger partial charge is 0.309 e. The van der Waals surface area contributed by atoms with Crippen LogP contribution in [0.4, 0.5) is 17.6 Å². The van der Waals surface area contributed by atoms with Gasteiger partial charge in [-0.3, -0.25) is 0 Å². The zero-order valence-electron chi connectivity index (χ0n) is 68.5. The van der Waals surface area contributed by atoms with Crippen LogP contribution < -0.4 is 0 Å². The van der Waals surface area contributed by atoms with Gasteiger partial charge in [-0.05, 0) is 177 Å². The lowest BCUT2D eigenvalue weighted by molar-refractivity contribution is 0.509.